The van der Waals surface area contributed by atoms with E-state index in [-0.39, 0.29) is 46.1 Å². The molecule has 0 saturated heterocycles. The number of anilines is 2. The van der Waals surface area contributed by atoms with E-state index in [9.17, 15) is 0 Å². The molecule has 12 nitrogen and oxygen atoms in total. The summed E-state index contributed by atoms with van der Waals surface area (Å²) >= 11 is 0. The Bertz CT molecular complexity index is 3880. The molecule has 0 N–H and O–H groups in total. The minimum atomic E-state index is 0. The van der Waals surface area contributed by atoms with Crippen molar-refractivity contribution in [3.8, 4) is 0 Å². The number of fused-ring (bicyclic) bond motifs is 17. The molecule has 7 aromatic heterocycles. The summed E-state index contributed by atoms with van der Waals surface area (Å²) in [6.07, 6.45) is 23.7. The van der Waals surface area contributed by atoms with E-state index in [0.717, 1.165) is 55.1 Å². The van der Waals surface area contributed by atoms with Crippen molar-refractivity contribution in [2.45, 2.75) is 5.92 Å². The van der Waals surface area contributed by atoms with E-state index in [2.05, 4.69) is 141 Å². The Morgan fingerprint density at radius 3 is 1.78 bits per heavy atom. The Hall–Kier alpha value is -7.73. The van der Waals surface area contributed by atoms with Gasteiger partial charge in [0.05, 0.1) is 11.0 Å². The molecule has 14 heteroatoms. The van der Waals surface area contributed by atoms with Gasteiger partial charge < -0.3 is 34.1 Å². The van der Waals surface area contributed by atoms with Crippen LogP contribution in [0.1, 0.15) is 11.6 Å². The Balaban J connectivity index is 0.000000115. The first kappa shape index (κ1) is 47.9. The first-order chi connectivity index (χ1) is 34.4. The molecular formula is C58H45Ir2N12+. The van der Waals surface area contributed by atoms with Gasteiger partial charge in [-0.3, -0.25) is 9.03 Å². The second-order valence-corrected chi connectivity index (χ2v) is 17.3. The van der Waals surface area contributed by atoms with Crippen molar-refractivity contribution in [1.82, 2.24) is 43.6 Å². The topological polar surface area (TPSA) is 81.3 Å². The number of benzene rings is 4. The van der Waals surface area contributed by atoms with Gasteiger partial charge in [-0.1, -0.05) is 70.5 Å². The monoisotopic (exact) mass is 1300 g/mol. The summed E-state index contributed by atoms with van der Waals surface area (Å²) < 4.78 is 8.44. The van der Waals surface area contributed by atoms with Crippen LogP contribution in [0.5, 0.6) is 0 Å². The van der Waals surface area contributed by atoms with E-state index >= 15 is 0 Å². The van der Waals surface area contributed by atoms with Crippen molar-refractivity contribution in [3.63, 3.8) is 0 Å². The average Bonchev–Trinajstić information content (AvgIpc) is 4.30. The predicted octanol–water partition coefficient (Wildman–Crippen LogP) is 10.8. The van der Waals surface area contributed by atoms with Crippen molar-refractivity contribution in [1.29, 1.82) is 0 Å². The van der Waals surface area contributed by atoms with E-state index in [0.29, 0.717) is 0 Å². The maximum absolute atomic E-state index is 4.58. The molecular weight excluding hydrogens is 1250 g/mol. The largest absolute Gasteiger partial charge is 3.00 e. The number of hydrogen-bond donors (Lipinski definition) is 0. The minimum Gasteiger partial charge on any atom is -0.510 e. The first-order valence-corrected chi connectivity index (χ1v) is 23.0. The van der Waals surface area contributed by atoms with Crippen molar-refractivity contribution in [3.05, 3.63) is 226 Å². The standard InChI is InChI=1S/C21H13N4.C17H12N4.2C10H10N2.2Ir/c1-24-17-7-3-2-5-13(17)15-11-16-14-6-4-9-22-21(14)18-8-10-23-25(18)20(16)12-19(15)24;1-20-13-7-3-2-5-11(13)17-16(20)12-6-4-9-18-15(12)14-8-10-19-21(14)17;2*1-11-7-8-12(9-11)10-5-3-2-4-6-10;;/h2-7,9-12H,1H3;2-7,9-11H,1H3;2*2-5,7-9H,1H3;;/q-1;;2*-2;2*+3. The first-order valence-electron chi connectivity index (χ1n) is 23.0. The zero-order chi connectivity index (χ0) is 47.3. The van der Waals surface area contributed by atoms with Crippen LogP contribution in [-0.4, -0.2) is 75.0 Å². The van der Waals surface area contributed by atoms with Gasteiger partial charge in [0.15, 0.2) is 5.71 Å². The van der Waals surface area contributed by atoms with Crippen LogP contribution in [0.3, 0.4) is 0 Å². The van der Waals surface area contributed by atoms with E-state index in [1.807, 2.05) is 154 Å². The summed E-state index contributed by atoms with van der Waals surface area (Å²) in [7, 11) is 8.23. The molecule has 0 radical (unpaired) electrons. The summed E-state index contributed by atoms with van der Waals surface area (Å²) in [6, 6.07) is 49.8. The van der Waals surface area contributed by atoms with Gasteiger partial charge in [0.25, 0.3) is 0 Å². The van der Waals surface area contributed by atoms with E-state index in [4.69, 9.17) is 0 Å². The van der Waals surface area contributed by atoms with Gasteiger partial charge in [0.2, 0.25) is 5.69 Å². The number of rotatable bonds is 2. The van der Waals surface area contributed by atoms with Crippen LogP contribution < -0.4 is 9.80 Å². The summed E-state index contributed by atoms with van der Waals surface area (Å²) in [4.78, 5) is 17.2. The molecule has 1 aliphatic carbocycles. The number of hydrogen-bond acceptors (Lipinski definition) is 8. The second kappa shape index (κ2) is 20.2. The molecule has 0 spiro atoms. The number of aryl methyl sites for hydroxylation is 1. The molecule has 1 atom stereocenters. The molecule has 0 amide bonds. The fourth-order valence-corrected chi connectivity index (χ4v) is 9.77. The molecule has 4 aliphatic rings. The molecule has 0 fully saturated rings. The van der Waals surface area contributed by atoms with Crippen LogP contribution in [0.4, 0.5) is 17.1 Å². The van der Waals surface area contributed by atoms with Crippen LogP contribution in [-0.2, 0) is 47.3 Å². The van der Waals surface area contributed by atoms with Crippen molar-refractivity contribution in [2.75, 3.05) is 30.9 Å². The summed E-state index contributed by atoms with van der Waals surface area (Å²) in [5, 5.41) is 15.0. The molecule has 354 valence electrons. The summed E-state index contributed by atoms with van der Waals surface area (Å²) in [5.74, 6) is 0.246. The maximum atomic E-state index is 4.58. The van der Waals surface area contributed by atoms with Crippen LogP contribution >= 0.6 is 0 Å². The van der Waals surface area contributed by atoms with E-state index < -0.39 is 0 Å². The zero-order valence-corrected chi connectivity index (χ0v) is 44.4. The number of para-hydroxylation sites is 3. The van der Waals surface area contributed by atoms with Gasteiger partial charge >= 0.3 is 40.2 Å². The smallest absolute Gasteiger partial charge is 0.510 e. The van der Waals surface area contributed by atoms with Gasteiger partial charge in [-0.2, -0.15) is 88.8 Å². The Morgan fingerprint density at radius 1 is 0.556 bits per heavy atom. The Kier molecular flexibility index (Phi) is 13.4. The van der Waals surface area contributed by atoms with Crippen molar-refractivity contribution < 1.29 is 44.8 Å². The fourth-order valence-electron chi connectivity index (χ4n) is 9.77. The summed E-state index contributed by atoms with van der Waals surface area (Å²) in [5.41, 5.74) is 13.1. The van der Waals surface area contributed by atoms with Crippen molar-refractivity contribution >= 4 is 88.3 Å². The predicted molar refractivity (Wildman–Crippen MR) is 280 cm³/mol. The number of nitrogens with zero attached hydrogens (tertiary/aromatic N) is 12. The summed E-state index contributed by atoms with van der Waals surface area (Å²) in [6.45, 7) is 4.01. The Labute approximate surface area is 444 Å². The van der Waals surface area contributed by atoms with Crippen LogP contribution in [0.15, 0.2) is 183 Å². The van der Waals surface area contributed by atoms with Gasteiger partial charge in [-0.15, -0.1) is 11.4 Å². The molecule has 72 heavy (non-hydrogen) atoms. The number of allylic oxidation sites excluding steroid dienone is 4. The Morgan fingerprint density at radius 2 is 1.14 bits per heavy atom. The number of aromatic nitrogens is 7. The molecule has 15 rings (SSSR count). The average molecular weight is 1290 g/mol. The van der Waals surface area contributed by atoms with Gasteiger partial charge in [0.1, 0.15) is 18.7 Å². The minimum absolute atomic E-state index is 0. The van der Waals surface area contributed by atoms with Crippen molar-refractivity contribution in [2.24, 2.45) is 7.05 Å². The third kappa shape index (κ3) is 8.46. The molecule has 1 unspecified atom stereocenters. The van der Waals surface area contributed by atoms with E-state index in [1.165, 1.54) is 38.9 Å². The fraction of sp³-hybridized carbons (Fsp3) is 0.0862. The second-order valence-electron chi connectivity index (χ2n) is 17.3. The molecule has 10 heterocycles. The quantitative estimate of drug-likeness (QED) is 0.0962. The number of pyridine rings is 4. The molecule has 4 aromatic carbocycles. The third-order valence-corrected chi connectivity index (χ3v) is 13.0. The SMILES string of the molecule is CN1C=CN(c2[c-]cccc2)[CH-]1.CN1C=CN(c2[c-]cccc2)[CH-]1.C[N+]1=C2C=CC=CC2c2c1c1cccnc1c1[c-]cnn21.Cn1c2ccccc2c2cc3c4cccnc4c4[c-]cnn4c3cc21.[Ir+3].[Ir+3]. The molecule has 0 saturated carbocycles. The van der Waals surface area contributed by atoms with Crippen LogP contribution in [0.25, 0.3) is 65.5 Å². The van der Waals surface area contributed by atoms with Crippen LogP contribution in [0, 0.1) is 37.6 Å². The molecule has 11 aromatic rings. The van der Waals surface area contributed by atoms with E-state index in [1.54, 1.807) is 12.4 Å². The molecule has 0 bridgehead atoms. The van der Waals surface area contributed by atoms with Gasteiger partial charge in [-0.05, 0) is 97.9 Å². The zero-order valence-electron chi connectivity index (χ0n) is 39.6. The molecule has 3 aliphatic heterocycles. The van der Waals surface area contributed by atoms with Crippen LogP contribution in [0.2, 0.25) is 0 Å². The third-order valence-electron chi connectivity index (χ3n) is 13.0. The van der Waals surface area contributed by atoms with Gasteiger partial charge in [0, 0.05) is 41.8 Å². The maximum Gasteiger partial charge on any atom is 3.00 e. The van der Waals surface area contributed by atoms with Gasteiger partial charge in [-0.25, -0.2) is 12.1 Å². The normalized spacial score (nSPS) is 15.2.